The number of carbonyl (C=O) groups is 4. The number of rotatable bonds is 14. The third kappa shape index (κ3) is 13.7. The van der Waals surface area contributed by atoms with Gasteiger partial charge in [-0.3, -0.25) is 19.2 Å². The molecule has 4 rings (SSSR count). The molecule has 4 unspecified atom stereocenters. The molecule has 4 aliphatic rings. The van der Waals surface area contributed by atoms with E-state index in [1.165, 1.54) is 0 Å². The number of hydrogen-bond donors (Lipinski definition) is 2. The van der Waals surface area contributed by atoms with Crippen LogP contribution in [-0.2, 0) is 28.7 Å². The minimum absolute atomic E-state index is 0.109. The Morgan fingerprint density at radius 2 is 0.932 bits per heavy atom. The van der Waals surface area contributed by atoms with Gasteiger partial charge < -0.3 is 20.1 Å². The highest BCUT2D eigenvalue weighted by atomic mass is 16.6. The van der Waals surface area contributed by atoms with Gasteiger partial charge >= 0.3 is 11.9 Å². The Kier molecular flexibility index (Phi) is 17.2. The summed E-state index contributed by atoms with van der Waals surface area (Å²) in [5.74, 6) is -0.860. The van der Waals surface area contributed by atoms with Crippen LogP contribution in [0.4, 0.5) is 0 Å². The quantitative estimate of drug-likeness (QED) is 0.132. The van der Waals surface area contributed by atoms with Crippen LogP contribution in [0.5, 0.6) is 0 Å². The molecular weight excluding hydrogens is 737 g/mol. The van der Waals surface area contributed by atoms with E-state index in [0.717, 1.165) is 78.6 Å². The predicted molar refractivity (Wildman–Crippen MR) is 239 cm³/mol. The van der Waals surface area contributed by atoms with E-state index in [2.05, 4.69) is 76.5 Å². The average Bonchev–Trinajstić information content (AvgIpc) is 3.73. The van der Waals surface area contributed by atoms with Gasteiger partial charge in [0.05, 0.1) is 0 Å². The zero-order chi connectivity index (χ0) is 43.3. The van der Waals surface area contributed by atoms with Crippen LogP contribution in [0.3, 0.4) is 0 Å². The van der Waals surface area contributed by atoms with Crippen LogP contribution in [0.25, 0.3) is 0 Å². The molecule has 0 aromatic rings. The largest absolute Gasteiger partial charge is 0.453 e. The molecule has 0 bridgehead atoms. The zero-order valence-electron chi connectivity index (χ0n) is 37.2. The molecule has 2 saturated heterocycles. The first-order valence-electron chi connectivity index (χ1n) is 21.4. The lowest BCUT2D eigenvalue weighted by Crippen LogP contribution is -2.46. The number of nitrogens with one attached hydrogen (secondary N) is 2. The second-order valence-electron chi connectivity index (χ2n) is 17.9. The number of ether oxygens (including phenoxy) is 2. The van der Waals surface area contributed by atoms with E-state index in [1.807, 2.05) is 88.5 Å². The number of ketones is 2. The monoisotopic (exact) mass is 805 g/mol. The molecule has 2 aliphatic carbocycles. The van der Waals surface area contributed by atoms with Gasteiger partial charge in [0.25, 0.3) is 0 Å². The first-order valence-corrected chi connectivity index (χ1v) is 21.4. The molecule has 0 saturated carbocycles. The van der Waals surface area contributed by atoms with Gasteiger partial charge in [0.1, 0.15) is 12.1 Å². The predicted octanol–water partition coefficient (Wildman–Crippen LogP) is 9.90. The molecule has 4 atom stereocenters. The van der Waals surface area contributed by atoms with E-state index in [-0.39, 0.29) is 46.4 Å². The molecule has 0 amide bonds. The fraction of sp³-hybridized carbons (Fsp3) is 0.490. The van der Waals surface area contributed by atoms with Crippen LogP contribution in [0.15, 0.2) is 130 Å². The maximum Gasteiger partial charge on any atom is 0.323 e. The van der Waals surface area contributed by atoms with Crippen LogP contribution in [0.1, 0.15) is 114 Å². The van der Waals surface area contributed by atoms with Crippen molar-refractivity contribution < 1.29 is 28.7 Å². The summed E-state index contributed by atoms with van der Waals surface area (Å²) in [6, 6.07) is -0.632. The summed E-state index contributed by atoms with van der Waals surface area (Å²) in [6.45, 7) is 21.8. The van der Waals surface area contributed by atoms with Gasteiger partial charge in [-0.05, 0) is 113 Å². The highest BCUT2D eigenvalue weighted by molar-refractivity contribution is 6.02. The molecule has 318 valence electrons. The lowest BCUT2D eigenvalue weighted by molar-refractivity contribution is -0.158. The van der Waals surface area contributed by atoms with E-state index >= 15 is 0 Å². The maximum atomic E-state index is 13.2. The molecule has 8 heteroatoms. The number of Topliss-reactive ketones (excluding diaryl/α,β-unsaturated/α-hetero) is 2. The molecule has 2 heterocycles. The van der Waals surface area contributed by atoms with Gasteiger partial charge in [0, 0.05) is 12.8 Å². The van der Waals surface area contributed by atoms with Crippen molar-refractivity contribution in [2.45, 2.75) is 138 Å². The van der Waals surface area contributed by atoms with Gasteiger partial charge in [-0.25, -0.2) is 0 Å². The smallest absolute Gasteiger partial charge is 0.323 e. The summed E-state index contributed by atoms with van der Waals surface area (Å²) < 4.78 is 11.4. The van der Waals surface area contributed by atoms with Crippen molar-refractivity contribution in [3.8, 4) is 0 Å². The Morgan fingerprint density at radius 1 is 0.559 bits per heavy atom. The Hall–Kier alpha value is -4.66. The third-order valence-electron chi connectivity index (χ3n) is 11.7. The van der Waals surface area contributed by atoms with Gasteiger partial charge in [-0.15, -0.1) is 0 Å². The van der Waals surface area contributed by atoms with Gasteiger partial charge in [-0.2, -0.15) is 0 Å². The van der Waals surface area contributed by atoms with Crippen molar-refractivity contribution >= 4 is 23.5 Å². The van der Waals surface area contributed by atoms with Crippen LogP contribution in [0, 0.1) is 10.8 Å². The van der Waals surface area contributed by atoms with Crippen molar-refractivity contribution in [2.24, 2.45) is 10.8 Å². The van der Waals surface area contributed by atoms with E-state index < -0.39 is 12.2 Å². The first-order chi connectivity index (χ1) is 27.9. The lowest BCUT2D eigenvalue weighted by atomic mass is 9.71. The van der Waals surface area contributed by atoms with E-state index in [1.54, 1.807) is 0 Å². The van der Waals surface area contributed by atoms with Crippen molar-refractivity contribution in [1.82, 2.24) is 10.6 Å². The number of carbonyl (C=O) groups excluding carboxylic acids is 4. The normalized spacial score (nSPS) is 26.5. The zero-order valence-corrected chi connectivity index (χ0v) is 37.2. The summed E-state index contributed by atoms with van der Waals surface area (Å²) >= 11 is 0. The number of hydrogen-bond acceptors (Lipinski definition) is 8. The van der Waals surface area contributed by atoms with Crippen molar-refractivity contribution in [3.05, 3.63) is 130 Å². The van der Waals surface area contributed by atoms with Crippen LogP contribution in [0.2, 0.25) is 0 Å². The first kappa shape index (κ1) is 47.0. The third-order valence-corrected chi connectivity index (χ3v) is 11.7. The van der Waals surface area contributed by atoms with Crippen LogP contribution >= 0.6 is 0 Å². The van der Waals surface area contributed by atoms with Gasteiger partial charge in [0.15, 0.2) is 23.8 Å². The second kappa shape index (κ2) is 21.6. The van der Waals surface area contributed by atoms with Crippen molar-refractivity contribution in [1.29, 1.82) is 0 Å². The van der Waals surface area contributed by atoms with E-state index in [9.17, 15) is 19.2 Å². The average molecular weight is 805 g/mol. The van der Waals surface area contributed by atoms with E-state index in [4.69, 9.17) is 9.47 Å². The Labute approximate surface area is 353 Å². The van der Waals surface area contributed by atoms with Crippen LogP contribution < -0.4 is 10.6 Å². The molecule has 2 N–H and O–H groups in total. The molecule has 2 fully saturated rings. The molecule has 0 radical (unpaired) electrons. The van der Waals surface area contributed by atoms with Gasteiger partial charge in [-0.1, -0.05) is 141 Å². The fourth-order valence-corrected chi connectivity index (χ4v) is 8.14. The minimum atomic E-state index is -0.744. The molecule has 0 aromatic heterocycles. The summed E-state index contributed by atoms with van der Waals surface area (Å²) in [4.78, 5) is 51.8. The van der Waals surface area contributed by atoms with Gasteiger partial charge in [0.2, 0.25) is 0 Å². The molecule has 59 heavy (non-hydrogen) atoms. The number of esters is 2. The Balaban J connectivity index is 1.27. The molecule has 0 aromatic carbocycles. The van der Waals surface area contributed by atoms with Crippen LogP contribution in [-0.4, -0.2) is 60.9 Å². The standard InChI is InChI=1S/C51H68N2O6/c1-34(20-15-22-36(3)26-28-40-38(5)46(54)44(32-50(40,7)8)58-48(56)42-24-13-14-30-52-42)18-11-12-19-35(2)21-16-23-37(4)27-29-41-39(6)47(55)45(33-51(41,9)10)59-49(57)43-25-17-31-53-43/h11-12,15-16,18-23,26-29,42-45,52-53H,13-14,17,24-25,30-33H2,1-10H3/b12-11+,20-15+,21-16+,28-26+,29-27+,34-18+,35-19+,36-22+,37-23+. The van der Waals surface area contributed by atoms with Crippen molar-refractivity contribution in [2.75, 3.05) is 13.1 Å². The number of allylic oxidation sites excluding steroid dienone is 20. The molecule has 0 spiro atoms. The molecule has 2 aliphatic heterocycles. The topological polar surface area (TPSA) is 111 Å². The second-order valence-corrected chi connectivity index (χ2v) is 17.9. The maximum absolute atomic E-state index is 13.2. The minimum Gasteiger partial charge on any atom is -0.453 e. The molecular formula is C51H68N2O6. The molecule has 8 nitrogen and oxygen atoms in total. The summed E-state index contributed by atoms with van der Waals surface area (Å²) in [5, 5.41) is 6.37. The van der Waals surface area contributed by atoms with Crippen molar-refractivity contribution in [3.63, 3.8) is 0 Å². The van der Waals surface area contributed by atoms with E-state index in [0.29, 0.717) is 24.0 Å². The Morgan fingerprint density at radius 3 is 1.31 bits per heavy atom. The number of piperidine rings is 1. The summed E-state index contributed by atoms with van der Waals surface area (Å²) in [7, 11) is 0. The highest BCUT2D eigenvalue weighted by Crippen LogP contribution is 2.42. The Bertz CT molecular complexity index is 1940. The SMILES string of the molecule is CC1=C(/C=C/C(C)=C/C=C/C(C)=C/C=C/C=C(C)/C=C/C=C(C)/C=C/C2=C(C)C(=O)C(OC(=O)C3CCCN3)CC2(C)C)C(C)(C)CC(OC(=O)C2CCCCN2)C1=O. The summed E-state index contributed by atoms with van der Waals surface area (Å²) in [5.41, 5.74) is 6.95. The fourth-order valence-electron chi connectivity index (χ4n) is 8.14. The lowest BCUT2D eigenvalue weighted by Gasteiger charge is -2.37. The summed E-state index contributed by atoms with van der Waals surface area (Å²) in [6.07, 6.45) is 32.5. The highest BCUT2D eigenvalue weighted by Gasteiger charge is 2.42.